The normalized spacial score (nSPS) is 10.2. The Labute approximate surface area is 96.0 Å². The maximum Gasteiger partial charge on any atom is 0.327 e. The lowest BCUT2D eigenvalue weighted by Gasteiger charge is -2.02. The van der Waals surface area contributed by atoms with Gasteiger partial charge in [0.25, 0.3) is 0 Å². The molecule has 0 fully saturated rings. The first-order chi connectivity index (χ1) is 8.20. The largest absolute Gasteiger partial charge is 0.468 e. The molecule has 0 amide bonds. The van der Waals surface area contributed by atoms with Crippen molar-refractivity contribution in [3.63, 3.8) is 0 Å². The van der Waals surface area contributed by atoms with Gasteiger partial charge in [0, 0.05) is 5.56 Å². The molecule has 1 aromatic heterocycles. The van der Waals surface area contributed by atoms with Gasteiger partial charge < -0.3 is 4.74 Å². The van der Waals surface area contributed by atoms with Crippen LogP contribution in [0.15, 0.2) is 24.3 Å². The summed E-state index contributed by atoms with van der Waals surface area (Å²) in [6.45, 7) is -0.0871. The lowest BCUT2D eigenvalue weighted by atomic mass is 10.2. The average Bonchev–Trinajstić information content (AvgIpc) is 2.78. The van der Waals surface area contributed by atoms with E-state index in [0.717, 1.165) is 0 Å². The van der Waals surface area contributed by atoms with Gasteiger partial charge >= 0.3 is 5.97 Å². The van der Waals surface area contributed by atoms with E-state index in [1.54, 1.807) is 0 Å². The minimum atomic E-state index is -0.458. The first-order valence-corrected chi connectivity index (χ1v) is 4.79. The molecule has 0 spiro atoms. The number of rotatable bonds is 3. The molecule has 2 rings (SSSR count). The summed E-state index contributed by atoms with van der Waals surface area (Å²) in [4.78, 5) is 11.1. The van der Waals surface area contributed by atoms with E-state index in [0.29, 0.717) is 11.4 Å². The Hall–Kier alpha value is -2.31. The van der Waals surface area contributed by atoms with Gasteiger partial charge in [-0.3, -0.25) is 4.79 Å². The summed E-state index contributed by atoms with van der Waals surface area (Å²) in [5.74, 6) is -0.420. The molecule has 0 aliphatic carbocycles. The minimum absolute atomic E-state index is 0.0871. The van der Waals surface area contributed by atoms with E-state index < -0.39 is 5.97 Å². The number of halogens is 1. The second kappa shape index (κ2) is 4.69. The summed E-state index contributed by atoms with van der Waals surface area (Å²) in [6.07, 6.45) is 0. The predicted molar refractivity (Wildman–Crippen MR) is 55.2 cm³/mol. The van der Waals surface area contributed by atoms with Gasteiger partial charge in [-0.1, -0.05) is 0 Å². The van der Waals surface area contributed by atoms with Gasteiger partial charge in [-0.05, 0) is 34.7 Å². The third kappa shape index (κ3) is 2.44. The molecule has 1 heterocycles. The fourth-order valence-corrected chi connectivity index (χ4v) is 1.30. The molecule has 7 heteroatoms. The number of ether oxygens (including phenoxy) is 1. The van der Waals surface area contributed by atoms with Crippen LogP contribution in [0.3, 0.4) is 0 Å². The summed E-state index contributed by atoms with van der Waals surface area (Å²) in [6, 6.07) is 5.67. The first kappa shape index (κ1) is 11.2. The number of esters is 1. The van der Waals surface area contributed by atoms with Crippen molar-refractivity contribution >= 4 is 5.97 Å². The van der Waals surface area contributed by atoms with Crippen LogP contribution in [0.1, 0.15) is 0 Å². The summed E-state index contributed by atoms with van der Waals surface area (Å²) < 4.78 is 18.6. The summed E-state index contributed by atoms with van der Waals surface area (Å²) >= 11 is 0. The molecule has 0 N–H and O–H groups in total. The lowest BCUT2D eigenvalue weighted by Crippen LogP contribution is -2.14. The first-order valence-electron chi connectivity index (χ1n) is 4.79. The van der Waals surface area contributed by atoms with E-state index in [2.05, 4.69) is 20.3 Å². The number of methoxy groups -OCH3 is 1. The molecule has 0 saturated heterocycles. The van der Waals surface area contributed by atoms with Crippen molar-refractivity contribution in [1.82, 2.24) is 20.2 Å². The molecule has 88 valence electrons. The van der Waals surface area contributed by atoms with Crippen molar-refractivity contribution in [2.75, 3.05) is 7.11 Å². The molecular formula is C10H9FN4O2. The highest BCUT2D eigenvalue weighted by molar-refractivity contribution is 5.69. The van der Waals surface area contributed by atoms with E-state index in [4.69, 9.17) is 0 Å². The highest BCUT2D eigenvalue weighted by atomic mass is 19.1. The van der Waals surface area contributed by atoms with Crippen LogP contribution in [-0.4, -0.2) is 33.3 Å². The third-order valence-electron chi connectivity index (χ3n) is 2.14. The molecule has 6 nitrogen and oxygen atoms in total. The van der Waals surface area contributed by atoms with E-state index >= 15 is 0 Å². The monoisotopic (exact) mass is 236 g/mol. The summed E-state index contributed by atoms with van der Waals surface area (Å²) in [7, 11) is 1.28. The van der Waals surface area contributed by atoms with Gasteiger partial charge in [-0.25, -0.2) is 9.07 Å². The molecule has 0 atom stereocenters. The zero-order valence-electron chi connectivity index (χ0n) is 9.00. The van der Waals surface area contributed by atoms with Crippen LogP contribution in [0.2, 0.25) is 0 Å². The Morgan fingerprint density at radius 3 is 2.76 bits per heavy atom. The zero-order chi connectivity index (χ0) is 12.3. The van der Waals surface area contributed by atoms with Gasteiger partial charge in [-0.2, -0.15) is 0 Å². The Bertz CT molecular complexity index is 523. The van der Waals surface area contributed by atoms with Crippen LogP contribution in [-0.2, 0) is 16.1 Å². The van der Waals surface area contributed by atoms with Crippen LogP contribution in [0.25, 0.3) is 11.4 Å². The Kier molecular flexibility index (Phi) is 3.08. The quantitative estimate of drug-likeness (QED) is 0.732. The molecule has 0 radical (unpaired) electrons. The Balaban J connectivity index is 2.30. The van der Waals surface area contributed by atoms with E-state index in [1.165, 1.54) is 36.1 Å². The summed E-state index contributed by atoms with van der Waals surface area (Å²) in [5, 5.41) is 10.9. The smallest absolute Gasteiger partial charge is 0.327 e. The third-order valence-corrected chi connectivity index (χ3v) is 2.14. The number of tetrazole rings is 1. The van der Waals surface area contributed by atoms with Crippen molar-refractivity contribution in [2.45, 2.75) is 6.54 Å². The molecule has 2 aromatic rings. The molecule has 0 aliphatic rings. The second-order valence-electron chi connectivity index (χ2n) is 3.24. The fraction of sp³-hybridized carbons (Fsp3) is 0.200. The number of hydrogen-bond donors (Lipinski definition) is 0. The average molecular weight is 236 g/mol. The zero-order valence-corrected chi connectivity index (χ0v) is 9.00. The minimum Gasteiger partial charge on any atom is -0.468 e. The molecule has 0 bridgehead atoms. The number of aromatic nitrogens is 4. The molecule has 0 saturated carbocycles. The van der Waals surface area contributed by atoms with Gasteiger partial charge in [0.15, 0.2) is 5.82 Å². The topological polar surface area (TPSA) is 69.9 Å². The van der Waals surface area contributed by atoms with E-state index in [1.807, 2.05) is 0 Å². The van der Waals surface area contributed by atoms with Crippen LogP contribution in [0.5, 0.6) is 0 Å². The van der Waals surface area contributed by atoms with Crippen molar-refractivity contribution in [1.29, 1.82) is 0 Å². The number of carbonyl (C=O) groups excluding carboxylic acids is 1. The van der Waals surface area contributed by atoms with Crippen molar-refractivity contribution in [2.24, 2.45) is 0 Å². The fourth-order valence-electron chi connectivity index (χ4n) is 1.30. The Morgan fingerprint density at radius 1 is 1.41 bits per heavy atom. The number of hydrogen-bond acceptors (Lipinski definition) is 5. The van der Waals surface area contributed by atoms with Gasteiger partial charge in [0.2, 0.25) is 0 Å². The second-order valence-corrected chi connectivity index (χ2v) is 3.24. The van der Waals surface area contributed by atoms with Crippen molar-refractivity contribution in [3.8, 4) is 11.4 Å². The standard InChI is InChI=1S/C10H9FN4O2/c1-17-9(16)6-15-10(12-13-14-15)7-2-4-8(11)5-3-7/h2-5H,6H2,1H3. The molecule has 17 heavy (non-hydrogen) atoms. The van der Waals surface area contributed by atoms with Crippen LogP contribution < -0.4 is 0 Å². The van der Waals surface area contributed by atoms with Gasteiger partial charge in [-0.15, -0.1) is 5.10 Å². The number of nitrogens with zero attached hydrogens (tertiary/aromatic N) is 4. The highest BCUT2D eigenvalue weighted by Gasteiger charge is 2.12. The Morgan fingerprint density at radius 2 is 2.12 bits per heavy atom. The van der Waals surface area contributed by atoms with Gasteiger partial charge in [0.1, 0.15) is 12.4 Å². The highest BCUT2D eigenvalue weighted by Crippen LogP contribution is 2.15. The predicted octanol–water partition coefficient (Wildman–Crippen LogP) is 0.652. The van der Waals surface area contributed by atoms with E-state index in [-0.39, 0.29) is 12.4 Å². The lowest BCUT2D eigenvalue weighted by molar-refractivity contribution is -0.141. The molecule has 0 aliphatic heterocycles. The molecular weight excluding hydrogens is 227 g/mol. The molecule has 0 unspecified atom stereocenters. The molecule has 1 aromatic carbocycles. The van der Waals surface area contributed by atoms with Crippen LogP contribution in [0, 0.1) is 5.82 Å². The van der Waals surface area contributed by atoms with Gasteiger partial charge in [0.05, 0.1) is 7.11 Å². The maximum atomic E-state index is 12.8. The van der Waals surface area contributed by atoms with E-state index in [9.17, 15) is 9.18 Å². The maximum absolute atomic E-state index is 12.8. The number of benzene rings is 1. The van der Waals surface area contributed by atoms with Crippen molar-refractivity contribution < 1.29 is 13.9 Å². The number of carbonyl (C=O) groups is 1. The van der Waals surface area contributed by atoms with Crippen LogP contribution in [0.4, 0.5) is 4.39 Å². The SMILES string of the molecule is COC(=O)Cn1nnnc1-c1ccc(F)cc1. The summed E-state index contributed by atoms with van der Waals surface area (Å²) in [5.41, 5.74) is 0.625. The van der Waals surface area contributed by atoms with Crippen molar-refractivity contribution in [3.05, 3.63) is 30.1 Å². The van der Waals surface area contributed by atoms with Crippen LogP contribution >= 0.6 is 0 Å².